The number of hydrogen-bond donors (Lipinski definition) is 0. The molecule has 2 rings (SSSR count). The van der Waals surface area contributed by atoms with Gasteiger partial charge in [0.2, 0.25) is 0 Å². The zero-order valence-corrected chi connectivity index (χ0v) is 11.0. The Labute approximate surface area is 103 Å². The van der Waals surface area contributed by atoms with Crippen LogP contribution >= 0.6 is 0 Å². The van der Waals surface area contributed by atoms with Gasteiger partial charge in [-0.1, -0.05) is 24.3 Å². The summed E-state index contributed by atoms with van der Waals surface area (Å²) < 4.78 is 10.8. The van der Waals surface area contributed by atoms with E-state index in [-0.39, 0.29) is 5.41 Å². The van der Waals surface area contributed by atoms with Crippen molar-refractivity contribution in [3.63, 3.8) is 0 Å². The summed E-state index contributed by atoms with van der Waals surface area (Å²) in [7, 11) is 3.49. The van der Waals surface area contributed by atoms with Crippen LogP contribution in [0.1, 0.15) is 22.3 Å². The molecule has 0 fully saturated rings. The molecule has 0 aromatic heterocycles. The fraction of sp³-hybridized carbons (Fsp3) is 0.467. The van der Waals surface area contributed by atoms with Crippen LogP contribution in [0.2, 0.25) is 0 Å². The predicted molar refractivity (Wildman–Crippen MR) is 70.4 cm³/mol. The van der Waals surface area contributed by atoms with E-state index in [0.717, 1.165) is 0 Å². The molecule has 0 saturated carbocycles. The minimum Gasteiger partial charge on any atom is -0.383 e. The number of benzene rings is 1. The minimum atomic E-state index is -0.116. The second-order valence-electron chi connectivity index (χ2n) is 4.84. The van der Waals surface area contributed by atoms with Crippen LogP contribution in [-0.4, -0.2) is 27.4 Å². The summed E-state index contributed by atoms with van der Waals surface area (Å²) in [5.41, 5.74) is 5.20. The van der Waals surface area contributed by atoms with Crippen LogP contribution in [0.25, 0.3) is 6.08 Å². The molecular weight excluding hydrogens is 212 g/mol. The van der Waals surface area contributed by atoms with Gasteiger partial charge in [0, 0.05) is 14.2 Å². The van der Waals surface area contributed by atoms with Crippen LogP contribution in [0.3, 0.4) is 0 Å². The van der Waals surface area contributed by atoms with Gasteiger partial charge in [-0.25, -0.2) is 0 Å². The highest BCUT2D eigenvalue weighted by atomic mass is 16.5. The van der Waals surface area contributed by atoms with Crippen molar-refractivity contribution in [1.29, 1.82) is 0 Å². The maximum Gasteiger partial charge on any atom is 0.0616 e. The van der Waals surface area contributed by atoms with Crippen molar-refractivity contribution >= 4 is 6.08 Å². The Hall–Kier alpha value is -1.12. The maximum atomic E-state index is 5.40. The highest BCUT2D eigenvalue weighted by molar-refractivity contribution is 5.70. The lowest BCUT2D eigenvalue weighted by molar-refractivity contribution is 0.0842. The van der Waals surface area contributed by atoms with Crippen molar-refractivity contribution in [2.24, 2.45) is 0 Å². The fourth-order valence-electron chi connectivity index (χ4n) is 2.83. The lowest BCUT2D eigenvalue weighted by Crippen LogP contribution is -2.34. The largest absolute Gasteiger partial charge is 0.383 e. The summed E-state index contributed by atoms with van der Waals surface area (Å²) in [5, 5.41) is 0. The fourth-order valence-corrected chi connectivity index (χ4v) is 2.83. The molecule has 1 aliphatic rings. The summed E-state index contributed by atoms with van der Waals surface area (Å²) in [6.45, 7) is 5.63. The second-order valence-corrected chi connectivity index (χ2v) is 4.84. The van der Waals surface area contributed by atoms with E-state index in [1.807, 2.05) is 0 Å². The smallest absolute Gasteiger partial charge is 0.0616 e. The van der Waals surface area contributed by atoms with E-state index >= 15 is 0 Å². The average Bonchev–Trinajstić information content (AvgIpc) is 2.66. The van der Waals surface area contributed by atoms with Gasteiger partial charge in [-0.15, -0.1) is 0 Å². The third-order valence-corrected chi connectivity index (χ3v) is 3.54. The normalized spacial score (nSPS) is 16.2. The molecule has 1 aromatic carbocycles. The van der Waals surface area contributed by atoms with Crippen LogP contribution < -0.4 is 0 Å². The lowest BCUT2D eigenvalue weighted by Gasteiger charge is -2.29. The third kappa shape index (κ3) is 1.92. The summed E-state index contributed by atoms with van der Waals surface area (Å²) in [6.07, 6.45) is 4.43. The molecule has 0 saturated heterocycles. The average molecular weight is 232 g/mol. The van der Waals surface area contributed by atoms with E-state index in [2.05, 4.69) is 38.1 Å². The monoisotopic (exact) mass is 232 g/mol. The highest BCUT2D eigenvalue weighted by Crippen LogP contribution is 2.40. The number of hydrogen-bond acceptors (Lipinski definition) is 2. The number of methoxy groups -OCH3 is 2. The molecule has 0 amide bonds. The highest BCUT2D eigenvalue weighted by Gasteiger charge is 2.37. The molecular formula is C15H20O2. The van der Waals surface area contributed by atoms with Crippen molar-refractivity contribution in [2.45, 2.75) is 19.3 Å². The van der Waals surface area contributed by atoms with Crippen molar-refractivity contribution in [3.05, 3.63) is 40.5 Å². The molecule has 1 aromatic rings. The molecule has 0 aliphatic heterocycles. The Morgan fingerprint density at radius 2 is 1.59 bits per heavy atom. The molecule has 0 radical (unpaired) electrons. The van der Waals surface area contributed by atoms with Gasteiger partial charge >= 0.3 is 0 Å². The van der Waals surface area contributed by atoms with Gasteiger partial charge < -0.3 is 9.47 Å². The number of rotatable bonds is 4. The first-order valence-electron chi connectivity index (χ1n) is 5.92. The van der Waals surface area contributed by atoms with Crippen molar-refractivity contribution in [2.75, 3.05) is 27.4 Å². The summed E-state index contributed by atoms with van der Waals surface area (Å²) in [6, 6.07) is 4.36. The Morgan fingerprint density at radius 1 is 1.00 bits per heavy atom. The van der Waals surface area contributed by atoms with E-state index in [9.17, 15) is 0 Å². The van der Waals surface area contributed by atoms with E-state index in [0.29, 0.717) is 13.2 Å². The van der Waals surface area contributed by atoms with Gasteiger partial charge in [0.1, 0.15) is 0 Å². The van der Waals surface area contributed by atoms with E-state index in [1.54, 1.807) is 14.2 Å². The molecule has 0 spiro atoms. The Kier molecular flexibility index (Phi) is 3.36. The van der Waals surface area contributed by atoms with Crippen molar-refractivity contribution in [3.8, 4) is 0 Å². The van der Waals surface area contributed by atoms with Crippen molar-refractivity contribution in [1.82, 2.24) is 0 Å². The Morgan fingerprint density at radius 3 is 2.18 bits per heavy atom. The summed E-state index contributed by atoms with van der Waals surface area (Å²) in [5.74, 6) is 0. The van der Waals surface area contributed by atoms with E-state index in [4.69, 9.17) is 9.47 Å². The number of fused-ring (bicyclic) bond motifs is 1. The third-order valence-electron chi connectivity index (χ3n) is 3.54. The first-order valence-corrected chi connectivity index (χ1v) is 5.92. The van der Waals surface area contributed by atoms with E-state index in [1.165, 1.54) is 22.3 Å². The van der Waals surface area contributed by atoms with Gasteiger partial charge in [0.25, 0.3) is 0 Å². The first kappa shape index (κ1) is 12.3. The molecule has 2 nitrogen and oxygen atoms in total. The Bertz CT molecular complexity index is 440. The summed E-state index contributed by atoms with van der Waals surface area (Å²) in [4.78, 5) is 0. The zero-order chi connectivity index (χ0) is 12.5. The first-order chi connectivity index (χ1) is 8.14. The van der Waals surface area contributed by atoms with Gasteiger partial charge in [0.05, 0.1) is 18.6 Å². The molecule has 0 atom stereocenters. The second kappa shape index (κ2) is 4.63. The van der Waals surface area contributed by atoms with Gasteiger partial charge in [-0.2, -0.15) is 0 Å². The molecule has 17 heavy (non-hydrogen) atoms. The number of ether oxygens (including phenoxy) is 2. The standard InChI is InChI=1S/C15H20O2/c1-11-5-6-12(2)14-13(11)7-8-15(14,9-16-3)10-17-4/h5-8H,9-10H2,1-4H3. The number of aryl methyl sites for hydroxylation is 2. The van der Waals surface area contributed by atoms with Gasteiger partial charge in [-0.3, -0.25) is 0 Å². The maximum absolute atomic E-state index is 5.40. The quantitative estimate of drug-likeness (QED) is 0.794. The van der Waals surface area contributed by atoms with Crippen LogP contribution in [0, 0.1) is 13.8 Å². The van der Waals surface area contributed by atoms with Crippen LogP contribution in [-0.2, 0) is 14.9 Å². The van der Waals surface area contributed by atoms with Gasteiger partial charge in [0.15, 0.2) is 0 Å². The van der Waals surface area contributed by atoms with E-state index < -0.39 is 0 Å². The lowest BCUT2D eigenvalue weighted by atomic mass is 9.80. The molecule has 2 heteroatoms. The molecule has 1 aliphatic carbocycles. The topological polar surface area (TPSA) is 18.5 Å². The van der Waals surface area contributed by atoms with Gasteiger partial charge in [-0.05, 0) is 36.1 Å². The molecule has 0 bridgehead atoms. The zero-order valence-electron chi connectivity index (χ0n) is 11.0. The minimum absolute atomic E-state index is 0.116. The SMILES string of the molecule is COCC1(COC)C=Cc2c(C)ccc(C)c21. The van der Waals surface area contributed by atoms with Crippen LogP contribution in [0.15, 0.2) is 18.2 Å². The van der Waals surface area contributed by atoms with Crippen LogP contribution in [0.4, 0.5) is 0 Å². The summed E-state index contributed by atoms with van der Waals surface area (Å²) >= 11 is 0. The molecule has 92 valence electrons. The molecule has 0 heterocycles. The predicted octanol–water partition coefficient (Wildman–Crippen LogP) is 2.86. The Balaban J connectivity index is 2.56. The van der Waals surface area contributed by atoms with Crippen LogP contribution in [0.5, 0.6) is 0 Å². The molecule has 0 N–H and O–H groups in total. The van der Waals surface area contributed by atoms with Crippen molar-refractivity contribution < 1.29 is 9.47 Å². The molecule has 0 unspecified atom stereocenters.